The van der Waals surface area contributed by atoms with Gasteiger partial charge < -0.3 is 15.0 Å². The van der Waals surface area contributed by atoms with Gasteiger partial charge in [0, 0.05) is 18.9 Å². The van der Waals surface area contributed by atoms with Gasteiger partial charge in [-0.1, -0.05) is 0 Å². The SMILES string of the molecule is Cc1cn2cc(C(=O)NCC3CCNCC3)ccc2n1. The summed E-state index contributed by atoms with van der Waals surface area (Å²) < 4.78 is 1.90. The number of amides is 1. The van der Waals surface area contributed by atoms with E-state index in [4.69, 9.17) is 0 Å². The maximum absolute atomic E-state index is 12.2. The molecule has 20 heavy (non-hydrogen) atoms. The lowest BCUT2D eigenvalue weighted by atomic mass is 9.98. The fraction of sp³-hybridized carbons (Fsp3) is 0.467. The number of carbonyl (C=O) groups excluding carboxylic acids is 1. The number of nitrogens with zero attached hydrogens (tertiary/aromatic N) is 2. The molecule has 1 amide bonds. The van der Waals surface area contributed by atoms with Crippen molar-refractivity contribution in [1.29, 1.82) is 0 Å². The Bertz CT molecular complexity index is 613. The van der Waals surface area contributed by atoms with Gasteiger partial charge in [0.1, 0.15) is 5.65 Å². The van der Waals surface area contributed by atoms with Crippen molar-refractivity contribution < 1.29 is 4.79 Å². The Hall–Kier alpha value is -1.88. The summed E-state index contributed by atoms with van der Waals surface area (Å²) in [5.74, 6) is 0.594. The van der Waals surface area contributed by atoms with Crippen LogP contribution in [0.4, 0.5) is 0 Å². The summed E-state index contributed by atoms with van der Waals surface area (Å²) in [4.78, 5) is 16.5. The quantitative estimate of drug-likeness (QED) is 0.887. The summed E-state index contributed by atoms with van der Waals surface area (Å²) in [5.41, 5.74) is 2.51. The number of imidazole rings is 1. The molecule has 0 bridgehead atoms. The van der Waals surface area contributed by atoms with Crippen LogP contribution in [0.5, 0.6) is 0 Å². The van der Waals surface area contributed by atoms with Gasteiger partial charge in [0.15, 0.2) is 0 Å². The first-order valence-corrected chi connectivity index (χ1v) is 7.16. The fourth-order valence-corrected chi connectivity index (χ4v) is 2.68. The zero-order chi connectivity index (χ0) is 13.9. The molecule has 1 aliphatic heterocycles. The highest BCUT2D eigenvalue weighted by Gasteiger charge is 2.14. The molecular formula is C15H20N4O. The van der Waals surface area contributed by atoms with Gasteiger partial charge in [-0.2, -0.15) is 0 Å². The first-order valence-electron chi connectivity index (χ1n) is 7.16. The fourth-order valence-electron chi connectivity index (χ4n) is 2.68. The predicted molar refractivity (Wildman–Crippen MR) is 77.9 cm³/mol. The molecule has 0 radical (unpaired) electrons. The molecule has 0 saturated carbocycles. The molecule has 0 aliphatic carbocycles. The number of hydrogen-bond acceptors (Lipinski definition) is 3. The molecule has 1 saturated heterocycles. The predicted octanol–water partition coefficient (Wildman–Crippen LogP) is 1.37. The summed E-state index contributed by atoms with van der Waals surface area (Å²) in [5, 5.41) is 6.37. The lowest BCUT2D eigenvalue weighted by Gasteiger charge is -2.22. The Balaban J connectivity index is 1.65. The number of fused-ring (bicyclic) bond motifs is 1. The number of aromatic nitrogens is 2. The Morgan fingerprint density at radius 2 is 2.20 bits per heavy atom. The second-order valence-electron chi connectivity index (χ2n) is 5.47. The maximum Gasteiger partial charge on any atom is 0.252 e. The lowest BCUT2D eigenvalue weighted by molar-refractivity contribution is 0.0944. The average Bonchev–Trinajstić information content (AvgIpc) is 2.85. The van der Waals surface area contributed by atoms with E-state index >= 15 is 0 Å². The van der Waals surface area contributed by atoms with Crippen LogP contribution in [0.1, 0.15) is 28.9 Å². The van der Waals surface area contributed by atoms with Crippen LogP contribution in [-0.2, 0) is 0 Å². The van der Waals surface area contributed by atoms with Crippen LogP contribution in [0.3, 0.4) is 0 Å². The smallest absolute Gasteiger partial charge is 0.252 e. The molecule has 0 atom stereocenters. The summed E-state index contributed by atoms with van der Waals surface area (Å²) in [6.45, 7) is 4.83. The third kappa shape index (κ3) is 2.82. The molecule has 2 aromatic heterocycles. The van der Waals surface area contributed by atoms with E-state index in [9.17, 15) is 4.79 Å². The molecule has 5 heteroatoms. The number of aryl methyl sites for hydroxylation is 1. The first-order chi connectivity index (χ1) is 9.72. The van der Waals surface area contributed by atoms with E-state index in [1.165, 1.54) is 0 Å². The van der Waals surface area contributed by atoms with Crippen molar-refractivity contribution in [3.05, 3.63) is 35.8 Å². The number of rotatable bonds is 3. The van der Waals surface area contributed by atoms with Crippen LogP contribution in [0.2, 0.25) is 0 Å². The minimum Gasteiger partial charge on any atom is -0.352 e. The number of pyridine rings is 1. The summed E-state index contributed by atoms with van der Waals surface area (Å²) in [6.07, 6.45) is 6.05. The van der Waals surface area contributed by atoms with Crippen LogP contribution >= 0.6 is 0 Å². The second kappa shape index (κ2) is 5.63. The molecule has 5 nitrogen and oxygen atoms in total. The van der Waals surface area contributed by atoms with Crippen LogP contribution < -0.4 is 10.6 Å². The molecule has 106 valence electrons. The number of carbonyl (C=O) groups is 1. The zero-order valence-corrected chi connectivity index (χ0v) is 11.7. The number of hydrogen-bond donors (Lipinski definition) is 2. The van der Waals surface area contributed by atoms with Crippen LogP contribution in [0.15, 0.2) is 24.5 Å². The van der Waals surface area contributed by atoms with Gasteiger partial charge in [-0.25, -0.2) is 4.98 Å². The van der Waals surface area contributed by atoms with E-state index < -0.39 is 0 Å². The highest BCUT2D eigenvalue weighted by Crippen LogP contribution is 2.11. The largest absolute Gasteiger partial charge is 0.352 e. The molecule has 0 aromatic carbocycles. The highest BCUT2D eigenvalue weighted by atomic mass is 16.1. The average molecular weight is 272 g/mol. The number of nitrogens with one attached hydrogen (secondary N) is 2. The molecule has 3 rings (SSSR count). The van der Waals surface area contributed by atoms with Crippen LogP contribution in [-0.4, -0.2) is 34.9 Å². The molecule has 0 spiro atoms. The highest BCUT2D eigenvalue weighted by molar-refractivity contribution is 5.94. The summed E-state index contributed by atoms with van der Waals surface area (Å²) in [7, 11) is 0. The Kier molecular flexibility index (Phi) is 3.69. The molecule has 1 aliphatic rings. The molecular weight excluding hydrogens is 252 g/mol. The Morgan fingerprint density at radius 3 is 3.00 bits per heavy atom. The van der Waals surface area contributed by atoms with E-state index in [-0.39, 0.29) is 5.91 Å². The van der Waals surface area contributed by atoms with Gasteiger partial charge in [0.2, 0.25) is 0 Å². The van der Waals surface area contributed by atoms with Crippen molar-refractivity contribution in [2.24, 2.45) is 5.92 Å². The van der Waals surface area contributed by atoms with Crippen molar-refractivity contribution in [3.63, 3.8) is 0 Å². The molecule has 2 N–H and O–H groups in total. The van der Waals surface area contributed by atoms with Crippen molar-refractivity contribution >= 4 is 11.6 Å². The van der Waals surface area contributed by atoms with Crippen LogP contribution in [0, 0.1) is 12.8 Å². The second-order valence-corrected chi connectivity index (χ2v) is 5.47. The van der Waals surface area contributed by atoms with E-state index in [0.29, 0.717) is 11.5 Å². The Labute approximate surface area is 118 Å². The normalized spacial score (nSPS) is 16.4. The van der Waals surface area contributed by atoms with Crippen molar-refractivity contribution in [3.8, 4) is 0 Å². The first kappa shape index (κ1) is 13.1. The van der Waals surface area contributed by atoms with Gasteiger partial charge >= 0.3 is 0 Å². The van der Waals surface area contributed by atoms with Gasteiger partial charge in [0.05, 0.1) is 11.3 Å². The van der Waals surface area contributed by atoms with Crippen molar-refractivity contribution in [2.45, 2.75) is 19.8 Å². The summed E-state index contributed by atoms with van der Waals surface area (Å²) in [6, 6.07) is 3.71. The van der Waals surface area contributed by atoms with E-state index in [1.54, 1.807) is 0 Å². The molecule has 0 unspecified atom stereocenters. The molecule has 3 heterocycles. The topological polar surface area (TPSA) is 58.4 Å². The third-order valence-electron chi connectivity index (χ3n) is 3.84. The maximum atomic E-state index is 12.2. The van der Waals surface area contributed by atoms with E-state index in [0.717, 1.165) is 43.8 Å². The monoisotopic (exact) mass is 272 g/mol. The van der Waals surface area contributed by atoms with Gasteiger partial charge in [-0.05, 0) is 50.9 Å². The molecule has 1 fully saturated rings. The number of piperidine rings is 1. The van der Waals surface area contributed by atoms with Crippen molar-refractivity contribution in [2.75, 3.05) is 19.6 Å². The van der Waals surface area contributed by atoms with E-state index in [1.807, 2.05) is 35.9 Å². The Morgan fingerprint density at radius 1 is 1.40 bits per heavy atom. The molecule has 2 aromatic rings. The van der Waals surface area contributed by atoms with Crippen molar-refractivity contribution in [1.82, 2.24) is 20.0 Å². The summed E-state index contributed by atoms with van der Waals surface area (Å²) >= 11 is 0. The minimum atomic E-state index is -0.00298. The van der Waals surface area contributed by atoms with Gasteiger partial charge in [-0.3, -0.25) is 4.79 Å². The van der Waals surface area contributed by atoms with E-state index in [2.05, 4.69) is 15.6 Å². The minimum absolute atomic E-state index is 0.00298. The lowest BCUT2D eigenvalue weighted by Crippen LogP contribution is -2.36. The third-order valence-corrected chi connectivity index (χ3v) is 3.84. The van der Waals surface area contributed by atoms with Crippen LogP contribution in [0.25, 0.3) is 5.65 Å². The standard InChI is InChI=1S/C15H20N4O/c1-11-9-19-10-13(2-3-14(19)18-11)15(20)17-8-12-4-6-16-7-5-12/h2-3,9-10,12,16H,4-8H2,1H3,(H,17,20). The van der Waals surface area contributed by atoms with Gasteiger partial charge in [0.25, 0.3) is 5.91 Å². The zero-order valence-electron chi connectivity index (χ0n) is 11.7. The van der Waals surface area contributed by atoms with Gasteiger partial charge in [-0.15, -0.1) is 0 Å².